The number of aromatic nitrogens is 2. The molecule has 2 heterocycles. The predicted octanol–water partition coefficient (Wildman–Crippen LogP) is 4.29. The molecular weight excluding hydrogens is 364 g/mol. The van der Waals surface area contributed by atoms with Crippen LogP contribution >= 0.6 is 0 Å². The van der Waals surface area contributed by atoms with Gasteiger partial charge in [-0.2, -0.15) is 0 Å². The number of piperazine rings is 1. The fraction of sp³-hybridized carbons (Fsp3) is 0.522. The second-order valence-electron chi connectivity index (χ2n) is 9.52. The second kappa shape index (κ2) is 7.01. The van der Waals surface area contributed by atoms with Gasteiger partial charge < -0.3 is 14.9 Å². The molecule has 29 heavy (non-hydrogen) atoms. The summed E-state index contributed by atoms with van der Waals surface area (Å²) in [4.78, 5) is 24.1. The highest BCUT2D eigenvalue weighted by molar-refractivity contribution is 5.66. The number of carboxylic acid groups (broad SMARTS) is 1. The minimum Gasteiger partial charge on any atom is -0.465 e. The van der Waals surface area contributed by atoms with Gasteiger partial charge in [-0.15, -0.1) is 0 Å². The number of hydrogen-bond donors (Lipinski definition) is 1. The van der Waals surface area contributed by atoms with E-state index in [1.54, 1.807) is 6.20 Å². The summed E-state index contributed by atoms with van der Waals surface area (Å²) < 4.78 is 0. The van der Waals surface area contributed by atoms with Crippen LogP contribution in [-0.2, 0) is 10.8 Å². The Labute approximate surface area is 172 Å². The molecule has 154 valence electrons. The van der Waals surface area contributed by atoms with E-state index in [1.807, 2.05) is 6.07 Å². The summed E-state index contributed by atoms with van der Waals surface area (Å²) in [7, 11) is 0. The highest BCUT2D eigenvalue weighted by Crippen LogP contribution is 2.46. The monoisotopic (exact) mass is 394 g/mol. The van der Waals surface area contributed by atoms with Crippen LogP contribution in [0.4, 0.5) is 10.6 Å². The first-order chi connectivity index (χ1) is 13.7. The van der Waals surface area contributed by atoms with E-state index < -0.39 is 6.09 Å². The topological polar surface area (TPSA) is 69.6 Å². The van der Waals surface area contributed by atoms with Crippen LogP contribution in [-0.4, -0.2) is 52.2 Å². The predicted molar refractivity (Wildman–Crippen MR) is 115 cm³/mol. The molecule has 1 aromatic carbocycles. The Morgan fingerprint density at radius 2 is 1.62 bits per heavy atom. The highest BCUT2D eigenvalue weighted by atomic mass is 16.4. The molecule has 1 aliphatic heterocycles. The van der Waals surface area contributed by atoms with Crippen molar-refractivity contribution in [1.82, 2.24) is 14.9 Å². The summed E-state index contributed by atoms with van der Waals surface area (Å²) in [5, 5.41) is 9.15. The van der Waals surface area contributed by atoms with Crippen LogP contribution in [0.5, 0.6) is 0 Å². The Morgan fingerprint density at radius 1 is 0.966 bits per heavy atom. The molecule has 2 aromatic rings. The molecule has 0 atom stereocenters. The van der Waals surface area contributed by atoms with Crippen LogP contribution in [0.3, 0.4) is 0 Å². The Balaban J connectivity index is 1.64. The Morgan fingerprint density at radius 3 is 2.28 bits per heavy atom. The maximum atomic E-state index is 11.1. The van der Waals surface area contributed by atoms with Crippen molar-refractivity contribution in [2.75, 3.05) is 31.1 Å². The van der Waals surface area contributed by atoms with E-state index in [0.717, 1.165) is 17.2 Å². The van der Waals surface area contributed by atoms with Crippen molar-refractivity contribution in [1.29, 1.82) is 0 Å². The Bertz CT molecular complexity index is 930. The minimum atomic E-state index is -0.854. The standard InChI is InChI=1S/C23H30N4O2/c1-22(2)8-9-23(3,4)18-15-16(5-6-17(18)22)20-24-10-7-19(25-20)26-11-13-27(14-12-26)21(28)29/h5-7,10,15H,8-9,11-14H2,1-4H3,(H,28,29). The van der Waals surface area contributed by atoms with Gasteiger partial charge in [0, 0.05) is 37.9 Å². The zero-order chi connectivity index (χ0) is 20.8. The first-order valence-electron chi connectivity index (χ1n) is 10.4. The molecule has 0 saturated carbocycles. The fourth-order valence-corrected chi connectivity index (χ4v) is 4.52. The maximum absolute atomic E-state index is 11.1. The van der Waals surface area contributed by atoms with Gasteiger partial charge in [-0.25, -0.2) is 14.8 Å². The van der Waals surface area contributed by atoms with Crippen molar-refractivity contribution in [2.24, 2.45) is 0 Å². The van der Waals surface area contributed by atoms with Gasteiger partial charge in [0.2, 0.25) is 0 Å². The van der Waals surface area contributed by atoms with Gasteiger partial charge in [0.1, 0.15) is 5.82 Å². The van der Waals surface area contributed by atoms with Gasteiger partial charge in [-0.3, -0.25) is 0 Å². The number of anilines is 1. The smallest absolute Gasteiger partial charge is 0.407 e. The highest BCUT2D eigenvalue weighted by Gasteiger charge is 2.37. The van der Waals surface area contributed by atoms with E-state index in [1.165, 1.54) is 28.9 Å². The summed E-state index contributed by atoms with van der Waals surface area (Å²) in [5.41, 5.74) is 4.20. The third-order valence-electron chi connectivity index (χ3n) is 6.63. The number of rotatable bonds is 2. The SMILES string of the molecule is CC1(C)CCC(C)(C)c2cc(-c3nccc(N4CCN(C(=O)O)CC4)n3)ccc21. The lowest BCUT2D eigenvalue weighted by Gasteiger charge is -2.42. The third-order valence-corrected chi connectivity index (χ3v) is 6.63. The van der Waals surface area contributed by atoms with Crippen LogP contribution in [0.15, 0.2) is 30.5 Å². The van der Waals surface area contributed by atoms with Gasteiger partial charge in [-0.05, 0) is 46.9 Å². The van der Waals surface area contributed by atoms with Gasteiger partial charge in [0.05, 0.1) is 0 Å². The number of amides is 1. The van der Waals surface area contributed by atoms with E-state index in [9.17, 15) is 4.79 Å². The fourth-order valence-electron chi connectivity index (χ4n) is 4.52. The van der Waals surface area contributed by atoms with Crippen LogP contribution < -0.4 is 4.90 Å². The summed E-state index contributed by atoms with van der Waals surface area (Å²) in [6.07, 6.45) is 3.31. The molecule has 0 bridgehead atoms. The average molecular weight is 395 g/mol. The molecule has 1 aromatic heterocycles. The molecule has 6 nitrogen and oxygen atoms in total. The molecule has 0 spiro atoms. The lowest BCUT2D eigenvalue weighted by atomic mass is 9.63. The zero-order valence-corrected chi connectivity index (χ0v) is 17.8. The molecule has 1 fully saturated rings. The zero-order valence-electron chi connectivity index (χ0n) is 17.8. The molecular formula is C23H30N4O2. The summed E-state index contributed by atoms with van der Waals surface area (Å²) in [5.74, 6) is 1.59. The van der Waals surface area contributed by atoms with Crippen molar-refractivity contribution in [3.8, 4) is 11.4 Å². The molecule has 6 heteroatoms. The molecule has 0 radical (unpaired) electrons. The summed E-state index contributed by atoms with van der Waals surface area (Å²) in [6, 6.07) is 8.58. The summed E-state index contributed by atoms with van der Waals surface area (Å²) in [6.45, 7) is 11.6. The maximum Gasteiger partial charge on any atom is 0.407 e. The third kappa shape index (κ3) is 3.68. The lowest BCUT2D eigenvalue weighted by molar-refractivity contribution is 0.142. The molecule has 1 amide bonds. The van der Waals surface area contributed by atoms with Crippen LogP contribution in [0.1, 0.15) is 51.7 Å². The Kier molecular flexibility index (Phi) is 4.75. The first-order valence-corrected chi connectivity index (χ1v) is 10.4. The normalized spacial score (nSPS) is 20.3. The quantitative estimate of drug-likeness (QED) is 0.823. The number of fused-ring (bicyclic) bond motifs is 1. The van der Waals surface area contributed by atoms with E-state index in [2.05, 4.69) is 55.8 Å². The molecule has 2 aliphatic rings. The molecule has 1 aliphatic carbocycles. The van der Waals surface area contributed by atoms with E-state index in [-0.39, 0.29) is 10.8 Å². The molecule has 0 unspecified atom stereocenters. The van der Waals surface area contributed by atoms with E-state index in [4.69, 9.17) is 10.1 Å². The molecule has 1 N–H and O–H groups in total. The Hall–Kier alpha value is -2.63. The largest absolute Gasteiger partial charge is 0.465 e. The molecule has 1 saturated heterocycles. The van der Waals surface area contributed by atoms with E-state index in [0.29, 0.717) is 26.2 Å². The van der Waals surface area contributed by atoms with E-state index >= 15 is 0 Å². The van der Waals surface area contributed by atoms with Crippen molar-refractivity contribution < 1.29 is 9.90 Å². The van der Waals surface area contributed by atoms with Gasteiger partial charge in [0.25, 0.3) is 0 Å². The average Bonchev–Trinajstić information content (AvgIpc) is 2.71. The van der Waals surface area contributed by atoms with Crippen molar-refractivity contribution in [3.05, 3.63) is 41.6 Å². The number of benzene rings is 1. The van der Waals surface area contributed by atoms with Crippen molar-refractivity contribution >= 4 is 11.9 Å². The van der Waals surface area contributed by atoms with Crippen LogP contribution in [0.2, 0.25) is 0 Å². The lowest BCUT2D eigenvalue weighted by Crippen LogP contribution is -2.48. The number of hydrogen-bond acceptors (Lipinski definition) is 4. The van der Waals surface area contributed by atoms with Gasteiger partial charge in [0.15, 0.2) is 5.82 Å². The molecule has 4 rings (SSSR count). The van der Waals surface area contributed by atoms with Crippen molar-refractivity contribution in [2.45, 2.75) is 51.4 Å². The van der Waals surface area contributed by atoms with Gasteiger partial charge >= 0.3 is 6.09 Å². The van der Waals surface area contributed by atoms with Crippen molar-refractivity contribution in [3.63, 3.8) is 0 Å². The second-order valence-corrected chi connectivity index (χ2v) is 9.52. The first kappa shape index (κ1) is 19.7. The number of carbonyl (C=O) groups is 1. The minimum absolute atomic E-state index is 0.144. The van der Waals surface area contributed by atoms with Crippen LogP contribution in [0, 0.1) is 0 Å². The van der Waals surface area contributed by atoms with Gasteiger partial charge in [-0.1, -0.05) is 39.8 Å². The summed E-state index contributed by atoms with van der Waals surface area (Å²) >= 11 is 0. The number of nitrogens with zero attached hydrogens (tertiary/aromatic N) is 4. The van der Waals surface area contributed by atoms with Crippen LogP contribution in [0.25, 0.3) is 11.4 Å².